The third kappa shape index (κ3) is 7.55. The molecule has 0 saturated carbocycles. The molecule has 3 aromatic carbocycles. The molecule has 0 aliphatic rings. The zero-order chi connectivity index (χ0) is 26.3. The molecule has 2 unspecified atom stereocenters. The summed E-state index contributed by atoms with van der Waals surface area (Å²) in [5.74, 6) is -1.68. The van der Waals surface area contributed by atoms with Gasteiger partial charge in [0.1, 0.15) is 11.5 Å². The van der Waals surface area contributed by atoms with Crippen molar-refractivity contribution in [1.82, 2.24) is 5.32 Å². The van der Waals surface area contributed by atoms with Gasteiger partial charge in [0, 0.05) is 30.7 Å². The molecule has 0 aromatic heterocycles. The minimum absolute atomic E-state index is 0.113. The number of nitrogens with two attached hydrogens (primary N) is 1. The summed E-state index contributed by atoms with van der Waals surface area (Å²) in [6.07, 6.45) is 0.216. The first-order valence-electron chi connectivity index (χ1n) is 12.1. The molecule has 0 aliphatic carbocycles. The van der Waals surface area contributed by atoms with E-state index in [0.29, 0.717) is 18.4 Å². The molecule has 192 valence electrons. The van der Waals surface area contributed by atoms with Crippen LogP contribution in [-0.2, 0) is 17.6 Å². The van der Waals surface area contributed by atoms with Gasteiger partial charge in [0.05, 0.1) is 12.0 Å². The van der Waals surface area contributed by atoms with Gasteiger partial charge in [-0.2, -0.15) is 0 Å². The van der Waals surface area contributed by atoms with Gasteiger partial charge in [-0.05, 0) is 61.1 Å². The van der Waals surface area contributed by atoms with Gasteiger partial charge < -0.3 is 31.5 Å². The molecule has 7 nitrogen and oxygen atoms in total. The summed E-state index contributed by atoms with van der Waals surface area (Å²) in [6, 6.07) is 21.4. The lowest BCUT2D eigenvalue weighted by Crippen LogP contribution is -2.43. The Kier molecular flexibility index (Phi) is 9.09. The van der Waals surface area contributed by atoms with Gasteiger partial charge in [-0.3, -0.25) is 4.79 Å². The molecule has 0 radical (unpaired) electrons. The highest BCUT2D eigenvalue weighted by molar-refractivity contribution is 5.82. The number of nitrogens with one attached hydrogen (secondary N) is 1. The number of aliphatic hydroxyl groups is 2. The fourth-order valence-corrected chi connectivity index (χ4v) is 4.64. The third-order valence-electron chi connectivity index (χ3n) is 6.39. The van der Waals surface area contributed by atoms with E-state index in [1.54, 1.807) is 0 Å². The van der Waals surface area contributed by atoms with Crippen LogP contribution in [0.4, 0.5) is 0 Å². The molecule has 0 saturated heterocycles. The number of aromatic hydroxyl groups is 2. The summed E-state index contributed by atoms with van der Waals surface area (Å²) in [5.41, 5.74) is 8.58. The highest BCUT2D eigenvalue weighted by atomic mass is 16.3. The summed E-state index contributed by atoms with van der Waals surface area (Å²) >= 11 is 0. The van der Waals surface area contributed by atoms with Crippen molar-refractivity contribution in [3.63, 3.8) is 0 Å². The molecule has 3 rings (SSSR count). The number of phenols is 2. The van der Waals surface area contributed by atoms with Crippen molar-refractivity contribution < 1.29 is 25.2 Å². The van der Waals surface area contributed by atoms with Gasteiger partial charge in [-0.25, -0.2) is 0 Å². The van der Waals surface area contributed by atoms with Crippen LogP contribution in [0, 0.1) is 5.92 Å². The average molecular weight is 493 g/mol. The Bertz CT molecular complexity index is 1130. The van der Waals surface area contributed by atoms with E-state index in [9.17, 15) is 25.2 Å². The summed E-state index contributed by atoms with van der Waals surface area (Å²) in [5, 5.41) is 43.3. The maximum absolute atomic E-state index is 12.5. The average Bonchev–Trinajstić information content (AvgIpc) is 2.82. The largest absolute Gasteiger partial charge is 0.508 e. The molecule has 36 heavy (non-hydrogen) atoms. The number of carbonyl (C=O) groups excluding carboxylic acids is 1. The van der Waals surface area contributed by atoms with E-state index in [1.807, 2.05) is 68.4 Å². The molecule has 0 heterocycles. The Hall–Kier alpha value is -3.39. The summed E-state index contributed by atoms with van der Waals surface area (Å²) in [7, 11) is 0. The molecular formula is C29H36N2O5. The van der Waals surface area contributed by atoms with Crippen molar-refractivity contribution in [2.75, 3.05) is 13.2 Å². The second kappa shape index (κ2) is 12.0. The number of benzene rings is 3. The molecule has 3 atom stereocenters. The van der Waals surface area contributed by atoms with Crippen molar-refractivity contribution in [2.24, 2.45) is 11.7 Å². The normalized spacial score (nSPS) is 14.2. The maximum Gasteiger partial charge on any atom is 0.225 e. The van der Waals surface area contributed by atoms with Crippen LogP contribution in [0.3, 0.4) is 0 Å². The quantitative estimate of drug-likeness (QED) is 0.230. The van der Waals surface area contributed by atoms with Gasteiger partial charge >= 0.3 is 0 Å². The minimum atomic E-state index is -0.920. The van der Waals surface area contributed by atoms with E-state index in [0.717, 1.165) is 16.7 Å². The number of hydrogen-bond donors (Lipinski definition) is 6. The predicted molar refractivity (Wildman–Crippen MR) is 140 cm³/mol. The van der Waals surface area contributed by atoms with E-state index < -0.39 is 23.5 Å². The molecule has 3 aromatic rings. The fourth-order valence-electron chi connectivity index (χ4n) is 4.64. The highest BCUT2D eigenvalue weighted by Crippen LogP contribution is 2.29. The van der Waals surface area contributed by atoms with Crippen LogP contribution in [0.15, 0.2) is 72.8 Å². The highest BCUT2D eigenvalue weighted by Gasteiger charge is 2.29. The minimum Gasteiger partial charge on any atom is -0.508 e. The first-order chi connectivity index (χ1) is 17.1. The first-order valence-corrected chi connectivity index (χ1v) is 12.1. The van der Waals surface area contributed by atoms with Gasteiger partial charge in [0.15, 0.2) is 0 Å². The Labute approximate surface area is 212 Å². The number of β-amino-alcohol motifs (C(OH)–C–C–N with tert-alkyl or cyclic N) is 1. The number of primary amides is 1. The predicted octanol–water partition coefficient (Wildman–Crippen LogP) is 3.16. The topological polar surface area (TPSA) is 136 Å². The van der Waals surface area contributed by atoms with Gasteiger partial charge in [-0.15, -0.1) is 0 Å². The van der Waals surface area contributed by atoms with Crippen LogP contribution in [0.1, 0.15) is 48.1 Å². The zero-order valence-corrected chi connectivity index (χ0v) is 20.8. The molecule has 0 bridgehead atoms. The number of hydrogen-bond acceptors (Lipinski definition) is 6. The lowest BCUT2D eigenvalue weighted by Gasteiger charge is -2.29. The van der Waals surface area contributed by atoms with Crippen LogP contribution in [0.2, 0.25) is 0 Å². The summed E-state index contributed by atoms with van der Waals surface area (Å²) in [6.45, 7) is 4.05. The zero-order valence-electron chi connectivity index (χ0n) is 20.8. The molecule has 7 N–H and O–H groups in total. The lowest BCUT2D eigenvalue weighted by molar-refractivity contribution is -0.121. The second-order valence-electron chi connectivity index (χ2n) is 10.00. The van der Waals surface area contributed by atoms with E-state index in [-0.39, 0.29) is 30.6 Å². The monoisotopic (exact) mass is 492 g/mol. The number of phenolic OH excluding ortho intramolecular Hbond substituents is 2. The van der Waals surface area contributed by atoms with Gasteiger partial charge in [0.2, 0.25) is 5.91 Å². The van der Waals surface area contributed by atoms with E-state index in [4.69, 9.17) is 5.73 Å². The summed E-state index contributed by atoms with van der Waals surface area (Å²) in [4.78, 5) is 12.5. The van der Waals surface area contributed by atoms with Gasteiger partial charge in [0.25, 0.3) is 0 Å². The van der Waals surface area contributed by atoms with Crippen molar-refractivity contribution in [3.8, 4) is 11.5 Å². The van der Waals surface area contributed by atoms with Crippen LogP contribution < -0.4 is 11.1 Å². The van der Waals surface area contributed by atoms with Crippen LogP contribution >= 0.6 is 0 Å². The fraction of sp³-hybridized carbons (Fsp3) is 0.345. The first kappa shape index (κ1) is 27.2. The molecular weight excluding hydrogens is 456 g/mol. The van der Waals surface area contributed by atoms with Crippen LogP contribution in [0.5, 0.6) is 11.5 Å². The molecule has 1 amide bonds. The Morgan fingerprint density at radius 2 is 1.56 bits per heavy atom. The summed E-state index contributed by atoms with van der Waals surface area (Å²) < 4.78 is 0. The Morgan fingerprint density at radius 3 is 2.17 bits per heavy atom. The van der Waals surface area contributed by atoms with E-state index in [2.05, 4.69) is 5.32 Å². The maximum atomic E-state index is 12.5. The number of carbonyl (C=O) groups is 1. The molecule has 0 aliphatic heterocycles. The van der Waals surface area contributed by atoms with E-state index >= 15 is 0 Å². The Morgan fingerprint density at radius 1 is 0.917 bits per heavy atom. The lowest BCUT2D eigenvalue weighted by atomic mass is 9.81. The van der Waals surface area contributed by atoms with Crippen LogP contribution in [0.25, 0.3) is 0 Å². The Balaban J connectivity index is 1.71. The van der Waals surface area contributed by atoms with Crippen molar-refractivity contribution in [3.05, 3.63) is 95.1 Å². The standard InChI is InChI=1S/C29H36N2O5/c1-29(2,31-17-26(35)22-13-24(33)15-25(34)14-22)16-20-9-6-10-21(12-20)27(28(30)36)23(18-32)11-19-7-4-3-5-8-19/h3-10,12-15,23,26-27,31-35H,11,16-18H2,1-2H3,(H2,30,36)/t23-,26?,27?/m1/s1. The molecule has 7 heteroatoms. The molecule has 0 spiro atoms. The van der Waals surface area contributed by atoms with Crippen LogP contribution in [-0.4, -0.2) is 45.0 Å². The van der Waals surface area contributed by atoms with Crippen molar-refractivity contribution >= 4 is 5.91 Å². The van der Waals surface area contributed by atoms with Gasteiger partial charge in [-0.1, -0.05) is 54.6 Å². The third-order valence-corrected chi connectivity index (χ3v) is 6.39. The molecule has 0 fully saturated rings. The second-order valence-corrected chi connectivity index (χ2v) is 10.00. The SMILES string of the molecule is CC(C)(Cc1cccc(C(C(N)=O)[C@@H](CO)Cc2ccccc2)c1)NCC(O)c1cc(O)cc(O)c1. The number of aliphatic hydroxyl groups excluding tert-OH is 2. The van der Waals surface area contributed by atoms with E-state index in [1.165, 1.54) is 18.2 Å². The van der Waals surface area contributed by atoms with Crippen molar-refractivity contribution in [1.29, 1.82) is 0 Å². The smallest absolute Gasteiger partial charge is 0.225 e. The van der Waals surface area contributed by atoms with Crippen molar-refractivity contribution in [2.45, 2.75) is 44.2 Å². The number of rotatable bonds is 12. The number of amides is 1.